The number of benzene rings is 1. The minimum atomic E-state index is -0.479. The molecule has 0 saturated carbocycles. The summed E-state index contributed by atoms with van der Waals surface area (Å²) in [5, 5.41) is 2.73. The third kappa shape index (κ3) is 3.04. The van der Waals surface area contributed by atoms with Gasteiger partial charge in [0.2, 0.25) is 5.91 Å². The van der Waals surface area contributed by atoms with Gasteiger partial charge in [0.05, 0.1) is 19.8 Å². The van der Waals surface area contributed by atoms with Gasteiger partial charge in [-0.2, -0.15) is 0 Å². The van der Waals surface area contributed by atoms with Crippen molar-refractivity contribution in [2.75, 3.05) is 40.2 Å². The van der Waals surface area contributed by atoms with Crippen LogP contribution >= 0.6 is 11.8 Å². The molecule has 7 nitrogen and oxygen atoms in total. The second kappa shape index (κ2) is 7.53. The Hall–Kier alpha value is -1.93. The summed E-state index contributed by atoms with van der Waals surface area (Å²) < 4.78 is 15.7. The maximum Gasteiger partial charge on any atom is 0.260 e. The standard InChI is InChI=1S/C17H22N2O5S/c1-22-8-4-7-18-15(20)11-9-25-17-10-5-6-12(23-2)14(24-3)13(10)16(21)19(11)17/h5-6,11,17H,4,7-9H2,1-3H3,(H,18,20)/t11-,17+/m1/s1. The fraction of sp³-hybridized carbons (Fsp3) is 0.529. The summed E-state index contributed by atoms with van der Waals surface area (Å²) in [6.45, 7) is 1.12. The topological polar surface area (TPSA) is 77.1 Å². The van der Waals surface area contributed by atoms with Crippen LogP contribution in [-0.2, 0) is 9.53 Å². The normalized spacial score (nSPS) is 21.1. The number of thioether (sulfide) groups is 1. The van der Waals surface area contributed by atoms with Gasteiger partial charge in [-0.15, -0.1) is 11.8 Å². The summed E-state index contributed by atoms with van der Waals surface area (Å²) in [4.78, 5) is 27.2. The van der Waals surface area contributed by atoms with Gasteiger partial charge >= 0.3 is 0 Å². The lowest BCUT2D eigenvalue weighted by atomic mass is 10.1. The van der Waals surface area contributed by atoms with Crippen LogP contribution in [0.1, 0.15) is 27.7 Å². The van der Waals surface area contributed by atoms with Gasteiger partial charge in [0.1, 0.15) is 11.4 Å². The van der Waals surface area contributed by atoms with E-state index in [9.17, 15) is 9.59 Å². The smallest absolute Gasteiger partial charge is 0.260 e. The van der Waals surface area contributed by atoms with Crippen LogP contribution in [0.3, 0.4) is 0 Å². The van der Waals surface area contributed by atoms with E-state index in [1.54, 1.807) is 29.8 Å². The fourth-order valence-corrected chi connectivity index (χ4v) is 4.70. The molecule has 0 radical (unpaired) electrons. The molecule has 1 fully saturated rings. The third-order valence-corrected chi connectivity index (χ3v) is 5.72. The number of methoxy groups -OCH3 is 3. The number of amides is 2. The molecule has 1 aromatic rings. The minimum Gasteiger partial charge on any atom is -0.493 e. The Morgan fingerprint density at radius 1 is 1.32 bits per heavy atom. The quantitative estimate of drug-likeness (QED) is 0.736. The number of nitrogens with zero attached hydrogens (tertiary/aromatic N) is 1. The zero-order valence-electron chi connectivity index (χ0n) is 14.5. The average Bonchev–Trinajstić information content (AvgIpc) is 3.18. The van der Waals surface area contributed by atoms with Crippen molar-refractivity contribution in [3.8, 4) is 11.5 Å². The second-order valence-electron chi connectivity index (χ2n) is 5.82. The lowest BCUT2D eigenvalue weighted by Crippen LogP contribution is -2.46. The molecule has 0 unspecified atom stereocenters. The Morgan fingerprint density at radius 2 is 2.12 bits per heavy atom. The van der Waals surface area contributed by atoms with Crippen molar-refractivity contribution in [2.45, 2.75) is 17.8 Å². The summed E-state index contributed by atoms with van der Waals surface area (Å²) in [5.41, 5.74) is 1.37. The molecule has 0 bridgehead atoms. The highest BCUT2D eigenvalue weighted by Crippen LogP contribution is 2.52. The van der Waals surface area contributed by atoms with Gasteiger partial charge in [0.15, 0.2) is 11.5 Å². The van der Waals surface area contributed by atoms with E-state index >= 15 is 0 Å². The molecule has 0 spiro atoms. The molecule has 1 aromatic carbocycles. The molecule has 2 aliphatic rings. The van der Waals surface area contributed by atoms with Gasteiger partial charge in [-0.1, -0.05) is 6.07 Å². The van der Waals surface area contributed by atoms with E-state index in [-0.39, 0.29) is 17.2 Å². The first-order valence-electron chi connectivity index (χ1n) is 8.09. The lowest BCUT2D eigenvalue weighted by molar-refractivity contribution is -0.124. The van der Waals surface area contributed by atoms with Crippen LogP contribution in [0.2, 0.25) is 0 Å². The molecule has 2 atom stereocenters. The lowest BCUT2D eigenvalue weighted by Gasteiger charge is -2.22. The first-order chi connectivity index (χ1) is 12.1. The van der Waals surface area contributed by atoms with Crippen molar-refractivity contribution in [3.63, 3.8) is 0 Å². The largest absolute Gasteiger partial charge is 0.493 e. The van der Waals surface area contributed by atoms with Crippen LogP contribution in [0, 0.1) is 0 Å². The molecule has 3 rings (SSSR count). The first-order valence-corrected chi connectivity index (χ1v) is 9.14. The number of fused-ring (bicyclic) bond motifs is 3. The van der Waals surface area contributed by atoms with Gasteiger partial charge in [0.25, 0.3) is 5.91 Å². The molecule has 1 saturated heterocycles. The highest BCUT2D eigenvalue weighted by molar-refractivity contribution is 7.99. The molecular weight excluding hydrogens is 344 g/mol. The van der Waals surface area contributed by atoms with Gasteiger partial charge < -0.3 is 24.4 Å². The Balaban J connectivity index is 1.81. The molecule has 2 aliphatic heterocycles. The summed E-state index contributed by atoms with van der Waals surface area (Å²) in [6, 6.07) is 3.20. The van der Waals surface area contributed by atoms with Gasteiger partial charge in [-0.05, 0) is 12.5 Å². The summed E-state index contributed by atoms with van der Waals surface area (Å²) >= 11 is 1.60. The molecule has 25 heavy (non-hydrogen) atoms. The Kier molecular flexibility index (Phi) is 5.39. The van der Waals surface area contributed by atoms with Crippen molar-refractivity contribution >= 4 is 23.6 Å². The van der Waals surface area contributed by atoms with Crippen LogP contribution in [0.4, 0.5) is 0 Å². The van der Waals surface area contributed by atoms with E-state index in [1.165, 1.54) is 14.2 Å². The molecular formula is C17H22N2O5S. The van der Waals surface area contributed by atoms with Crippen LogP contribution in [-0.4, -0.2) is 63.0 Å². The van der Waals surface area contributed by atoms with Crippen molar-refractivity contribution in [3.05, 3.63) is 23.3 Å². The molecule has 0 aliphatic carbocycles. The third-order valence-electron chi connectivity index (χ3n) is 4.42. The van der Waals surface area contributed by atoms with E-state index in [4.69, 9.17) is 14.2 Å². The van der Waals surface area contributed by atoms with Gasteiger partial charge in [-0.3, -0.25) is 9.59 Å². The van der Waals surface area contributed by atoms with Crippen LogP contribution < -0.4 is 14.8 Å². The van der Waals surface area contributed by atoms with Crippen molar-refractivity contribution in [1.82, 2.24) is 10.2 Å². The number of hydrogen-bond acceptors (Lipinski definition) is 6. The van der Waals surface area contributed by atoms with Crippen LogP contribution in [0.5, 0.6) is 11.5 Å². The predicted molar refractivity (Wildman–Crippen MR) is 94.2 cm³/mol. The van der Waals surface area contributed by atoms with E-state index in [0.717, 1.165) is 12.0 Å². The van der Waals surface area contributed by atoms with Crippen LogP contribution in [0.15, 0.2) is 12.1 Å². The second-order valence-corrected chi connectivity index (χ2v) is 6.93. The average molecular weight is 366 g/mol. The fourth-order valence-electron chi connectivity index (χ4n) is 3.24. The van der Waals surface area contributed by atoms with Crippen molar-refractivity contribution in [2.24, 2.45) is 0 Å². The van der Waals surface area contributed by atoms with E-state index in [1.807, 2.05) is 6.07 Å². The van der Waals surface area contributed by atoms with Gasteiger partial charge in [-0.25, -0.2) is 0 Å². The maximum absolute atomic E-state index is 13.0. The summed E-state index contributed by atoms with van der Waals surface area (Å²) in [6.07, 6.45) is 0.741. The predicted octanol–water partition coefficient (Wildman–Crippen LogP) is 1.43. The SMILES string of the molecule is COCCCNC(=O)[C@H]1CS[C@H]2c3ccc(OC)c(OC)c3C(=O)N12. The highest BCUT2D eigenvalue weighted by Gasteiger charge is 2.50. The molecule has 2 heterocycles. The number of nitrogens with one attached hydrogen (secondary N) is 1. The molecule has 136 valence electrons. The minimum absolute atomic E-state index is 0.127. The van der Waals surface area contributed by atoms with E-state index in [2.05, 4.69) is 5.32 Å². The van der Waals surface area contributed by atoms with Crippen LogP contribution in [0.25, 0.3) is 0 Å². The molecule has 2 amide bonds. The molecule has 0 aromatic heterocycles. The number of hydrogen-bond donors (Lipinski definition) is 1. The van der Waals surface area contributed by atoms with E-state index < -0.39 is 6.04 Å². The number of carbonyl (C=O) groups is 2. The van der Waals surface area contributed by atoms with E-state index in [0.29, 0.717) is 36.0 Å². The Labute approximate surface area is 151 Å². The number of rotatable bonds is 7. The van der Waals surface area contributed by atoms with Crippen molar-refractivity contribution < 1.29 is 23.8 Å². The monoisotopic (exact) mass is 366 g/mol. The Morgan fingerprint density at radius 3 is 2.80 bits per heavy atom. The number of carbonyl (C=O) groups excluding carboxylic acids is 2. The van der Waals surface area contributed by atoms with Crippen molar-refractivity contribution in [1.29, 1.82) is 0 Å². The highest BCUT2D eigenvalue weighted by atomic mass is 32.2. The zero-order chi connectivity index (χ0) is 18.0. The molecule has 8 heteroatoms. The number of ether oxygens (including phenoxy) is 3. The summed E-state index contributed by atoms with van der Waals surface area (Å²) in [7, 11) is 4.68. The Bertz CT molecular complexity index is 681. The van der Waals surface area contributed by atoms with Gasteiger partial charge in [0, 0.05) is 31.6 Å². The maximum atomic E-state index is 13.0. The molecule has 1 N–H and O–H groups in total. The summed E-state index contributed by atoms with van der Waals surface area (Å²) in [5.74, 6) is 1.22. The first kappa shape index (κ1) is 17.9. The zero-order valence-corrected chi connectivity index (χ0v) is 15.4.